The Balaban J connectivity index is 4.47. The first-order valence-corrected chi connectivity index (χ1v) is 8.35. The van der Waals surface area contributed by atoms with Crippen molar-refractivity contribution in [3.63, 3.8) is 0 Å². The molecule has 142 valence electrons. The Morgan fingerprint density at radius 1 is 1.29 bits per heavy atom. The molecule has 0 rings (SSSR count). The number of rotatable bonds is 13. The summed E-state index contributed by atoms with van der Waals surface area (Å²) >= 11 is 0. The first kappa shape index (κ1) is 23.0. The van der Waals surface area contributed by atoms with E-state index in [4.69, 9.17) is 9.47 Å². The van der Waals surface area contributed by atoms with E-state index < -0.39 is 23.9 Å². The minimum atomic E-state index is -1.37. The average molecular weight is 347 g/mol. The molecule has 0 radical (unpaired) electrons. The van der Waals surface area contributed by atoms with Crippen molar-refractivity contribution in [1.82, 2.24) is 5.32 Å². The predicted molar refractivity (Wildman–Crippen MR) is 90.3 cm³/mol. The minimum absolute atomic E-state index is 0.0178. The van der Waals surface area contributed by atoms with Crippen molar-refractivity contribution in [1.29, 1.82) is 0 Å². The molecule has 0 saturated heterocycles. The predicted octanol–water partition coefficient (Wildman–Crippen LogP) is 0.865. The van der Waals surface area contributed by atoms with Crippen LogP contribution in [0.15, 0.2) is 0 Å². The summed E-state index contributed by atoms with van der Waals surface area (Å²) in [6.07, 6.45) is 1.20. The molecule has 24 heavy (non-hydrogen) atoms. The summed E-state index contributed by atoms with van der Waals surface area (Å²) in [5, 5.41) is 21.7. The van der Waals surface area contributed by atoms with Gasteiger partial charge < -0.3 is 29.8 Å². The molecular weight excluding hydrogens is 314 g/mol. The zero-order chi connectivity index (χ0) is 18.8. The number of carbonyl (C=O) groups excluding carboxylic acids is 2. The van der Waals surface area contributed by atoms with Gasteiger partial charge >= 0.3 is 0 Å². The molecule has 0 bridgehead atoms. The maximum atomic E-state index is 12.2. The summed E-state index contributed by atoms with van der Waals surface area (Å²) in [4.78, 5) is 22.8. The Bertz CT molecular complexity index is 378. The van der Waals surface area contributed by atoms with E-state index in [1.165, 1.54) is 7.11 Å². The monoisotopic (exact) mass is 347 g/mol. The zero-order valence-electron chi connectivity index (χ0n) is 15.4. The van der Waals surface area contributed by atoms with Crippen LogP contribution in [0.4, 0.5) is 0 Å². The zero-order valence-corrected chi connectivity index (χ0v) is 15.4. The fourth-order valence-corrected chi connectivity index (χ4v) is 2.54. The van der Waals surface area contributed by atoms with Crippen LogP contribution in [0.5, 0.6) is 0 Å². The Hall–Kier alpha value is -1.02. The Morgan fingerprint density at radius 3 is 2.42 bits per heavy atom. The van der Waals surface area contributed by atoms with Crippen LogP contribution < -0.4 is 5.32 Å². The molecule has 1 amide bonds. The number of aldehydes is 1. The van der Waals surface area contributed by atoms with E-state index >= 15 is 0 Å². The van der Waals surface area contributed by atoms with Crippen LogP contribution in [0.1, 0.15) is 46.5 Å². The van der Waals surface area contributed by atoms with Crippen LogP contribution in [0, 0.1) is 11.8 Å². The van der Waals surface area contributed by atoms with Gasteiger partial charge in [-0.25, -0.2) is 0 Å². The summed E-state index contributed by atoms with van der Waals surface area (Å²) in [6, 6.07) is 0. The molecule has 0 aliphatic heterocycles. The fraction of sp³-hybridized carbons (Fsp3) is 0.882. The van der Waals surface area contributed by atoms with Gasteiger partial charge in [0, 0.05) is 26.1 Å². The number of carbonyl (C=O) groups is 2. The van der Waals surface area contributed by atoms with Gasteiger partial charge in [0.15, 0.2) is 6.23 Å². The molecular formula is C17H33NO6. The molecule has 0 aromatic rings. The molecule has 0 fully saturated rings. The maximum absolute atomic E-state index is 12.2. The number of methoxy groups -OCH3 is 2. The van der Waals surface area contributed by atoms with Gasteiger partial charge in [-0.15, -0.1) is 0 Å². The smallest absolute Gasteiger partial charge is 0.224 e. The highest BCUT2D eigenvalue weighted by Gasteiger charge is 2.30. The van der Waals surface area contributed by atoms with Gasteiger partial charge in [-0.2, -0.15) is 0 Å². The molecule has 3 unspecified atom stereocenters. The molecule has 7 nitrogen and oxygen atoms in total. The number of aliphatic hydroxyl groups excluding tert-OH is 2. The molecule has 0 aliphatic carbocycles. The van der Waals surface area contributed by atoms with E-state index in [-0.39, 0.29) is 18.4 Å². The third-order valence-electron chi connectivity index (χ3n) is 4.27. The summed E-state index contributed by atoms with van der Waals surface area (Å²) in [5.74, 6) is -0.741. The third kappa shape index (κ3) is 8.73. The van der Waals surface area contributed by atoms with Crippen LogP contribution in [-0.4, -0.2) is 61.2 Å². The van der Waals surface area contributed by atoms with Gasteiger partial charge in [-0.05, 0) is 32.6 Å². The van der Waals surface area contributed by atoms with Gasteiger partial charge in [-0.1, -0.05) is 13.8 Å². The van der Waals surface area contributed by atoms with Crippen molar-refractivity contribution in [2.24, 2.45) is 11.8 Å². The normalized spacial score (nSPS) is 19.0. The molecule has 0 aromatic heterocycles. The maximum Gasteiger partial charge on any atom is 0.224 e. The number of aliphatic hydroxyl groups is 2. The lowest BCUT2D eigenvalue weighted by Crippen LogP contribution is -2.47. The topological polar surface area (TPSA) is 105 Å². The second-order valence-electron chi connectivity index (χ2n) is 6.74. The van der Waals surface area contributed by atoms with Crippen molar-refractivity contribution in [2.45, 2.75) is 64.4 Å². The second kappa shape index (κ2) is 11.5. The minimum Gasteiger partial charge on any atom is -0.386 e. The Kier molecular flexibility index (Phi) is 11.0. The van der Waals surface area contributed by atoms with Crippen LogP contribution in [0.25, 0.3) is 0 Å². The molecule has 0 aromatic carbocycles. The SMILES string of the molecule is COCC(O)C(O)NC(=O)[C@H](C)C[C@](C)(CCCC(C)C=O)OC. The van der Waals surface area contributed by atoms with Crippen LogP contribution in [0.3, 0.4) is 0 Å². The molecule has 0 heterocycles. The number of nitrogens with one attached hydrogen (secondary N) is 1. The highest BCUT2D eigenvalue weighted by atomic mass is 16.5. The van der Waals surface area contributed by atoms with E-state index in [0.29, 0.717) is 6.42 Å². The van der Waals surface area contributed by atoms with Crippen molar-refractivity contribution >= 4 is 12.2 Å². The quantitative estimate of drug-likeness (QED) is 0.337. The Morgan fingerprint density at radius 2 is 1.92 bits per heavy atom. The van der Waals surface area contributed by atoms with E-state index in [9.17, 15) is 19.8 Å². The van der Waals surface area contributed by atoms with E-state index in [2.05, 4.69) is 5.32 Å². The number of hydrogen-bond donors (Lipinski definition) is 3. The highest BCUT2D eigenvalue weighted by molar-refractivity contribution is 5.78. The van der Waals surface area contributed by atoms with Crippen molar-refractivity contribution in [3.05, 3.63) is 0 Å². The summed E-state index contributed by atoms with van der Waals surface area (Å²) in [7, 11) is 3.00. The van der Waals surface area contributed by atoms with Gasteiger partial charge in [0.25, 0.3) is 0 Å². The first-order chi connectivity index (χ1) is 11.2. The van der Waals surface area contributed by atoms with Crippen molar-refractivity contribution in [2.75, 3.05) is 20.8 Å². The van der Waals surface area contributed by atoms with E-state index in [0.717, 1.165) is 25.5 Å². The largest absolute Gasteiger partial charge is 0.386 e. The summed E-state index contributed by atoms with van der Waals surface area (Å²) < 4.78 is 10.3. The average Bonchev–Trinajstić information content (AvgIpc) is 2.54. The van der Waals surface area contributed by atoms with E-state index in [1.807, 2.05) is 13.8 Å². The fourth-order valence-electron chi connectivity index (χ4n) is 2.54. The van der Waals surface area contributed by atoms with Gasteiger partial charge in [0.05, 0.1) is 12.2 Å². The van der Waals surface area contributed by atoms with Crippen molar-refractivity contribution < 1.29 is 29.3 Å². The van der Waals surface area contributed by atoms with E-state index in [1.54, 1.807) is 14.0 Å². The molecule has 0 saturated carbocycles. The van der Waals surface area contributed by atoms with Gasteiger partial charge in [0.2, 0.25) is 5.91 Å². The number of hydrogen-bond acceptors (Lipinski definition) is 6. The lowest BCUT2D eigenvalue weighted by atomic mass is 9.87. The second-order valence-corrected chi connectivity index (χ2v) is 6.74. The third-order valence-corrected chi connectivity index (χ3v) is 4.27. The van der Waals surface area contributed by atoms with Crippen molar-refractivity contribution in [3.8, 4) is 0 Å². The van der Waals surface area contributed by atoms with Gasteiger partial charge in [-0.3, -0.25) is 4.79 Å². The lowest BCUT2D eigenvalue weighted by Gasteiger charge is -2.31. The standard InChI is InChI=1S/C17H33NO6/c1-12(10-19)7-6-8-17(3,24-5)9-13(2)15(21)18-16(22)14(20)11-23-4/h10,12-14,16,20,22H,6-9,11H2,1-5H3,(H,18,21)/t12?,13-,14?,16?,17+/m1/s1. The molecule has 7 heteroatoms. The van der Waals surface area contributed by atoms with Gasteiger partial charge in [0.1, 0.15) is 12.4 Å². The highest BCUT2D eigenvalue weighted by Crippen LogP contribution is 2.27. The molecule has 5 atom stereocenters. The molecule has 0 aliphatic rings. The molecule has 3 N–H and O–H groups in total. The lowest BCUT2D eigenvalue weighted by molar-refractivity contribution is -0.134. The van der Waals surface area contributed by atoms with Crippen LogP contribution in [0.2, 0.25) is 0 Å². The summed E-state index contributed by atoms with van der Waals surface area (Å²) in [6.45, 7) is 5.48. The molecule has 0 spiro atoms. The number of ether oxygens (including phenoxy) is 2. The Labute approximate surface area is 144 Å². The number of amides is 1. The van der Waals surface area contributed by atoms with Crippen LogP contribution in [-0.2, 0) is 19.1 Å². The first-order valence-electron chi connectivity index (χ1n) is 8.35. The van der Waals surface area contributed by atoms with Crippen LogP contribution >= 0.6 is 0 Å². The summed E-state index contributed by atoms with van der Waals surface area (Å²) in [5.41, 5.74) is -0.491.